The van der Waals surface area contributed by atoms with Gasteiger partial charge in [0, 0.05) is 11.6 Å². The Bertz CT molecular complexity index is 598. The molecule has 0 radical (unpaired) electrons. The third-order valence-corrected chi connectivity index (χ3v) is 3.79. The Hall–Kier alpha value is -1.84. The molecular weight excluding hydrogens is 284 g/mol. The Morgan fingerprint density at radius 2 is 1.71 bits per heavy atom. The number of primary amides is 1. The van der Waals surface area contributed by atoms with Crippen LogP contribution in [0.3, 0.4) is 0 Å². The van der Waals surface area contributed by atoms with Crippen LogP contribution in [-0.2, 0) is 17.8 Å². The number of nitrogens with one attached hydrogen (secondary N) is 1. The van der Waals surface area contributed by atoms with Crippen LogP contribution in [-0.4, -0.2) is 11.4 Å². The summed E-state index contributed by atoms with van der Waals surface area (Å²) in [5.74, 6) is -0.367. The van der Waals surface area contributed by atoms with E-state index in [0.717, 1.165) is 11.1 Å². The minimum atomic E-state index is -0.802. The molecule has 3 N–H and O–H groups in total. The van der Waals surface area contributed by atoms with Gasteiger partial charge in [0.1, 0.15) is 0 Å². The molecule has 2 aromatic rings. The molecule has 3 nitrogen and oxygen atoms in total. The fourth-order valence-electron chi connectivity index (χ4n) is 2.14. The maximum atomic E-state index is 11.8. The maximum Gasteiger partial charge on any atom is 0.237 e. The Morgan fingerprint density at radius 1 is 1.10 bits per heavy atom. The van der Waals surface area contributed by atoms with Gasteiger partial charge in [-0.25, -0.2) is 0 Å². The number of nitrogens with two attached hydrogens (primary N) is 1. The molecule has 0 fully saturated rings. The van der Waals surface area contributed by atoms with Crippen LogP contribution >= 0.6 is 11.6 Å². The van der Waals surface area contributed by atoms with Crippen LogP contribution in [0.4, 0.5) is 0 Å². The lowest BCUT2D eigenvalue weighted by molar-refractivity contribution is -0.123. The van der Waals surface area contributed by atoms with Crippen LogP contribution in [0.5, 0.6) is 0 Å². The maximum absolute atomic E-state index is 11.8. The van der Waals surface area contributed by atoms with Gasteiger partial charge in [-0.15, -0.1) is 0 Å². The molecule has 0 aliphatic carbocycles. The van der Waals surface area contributed by atoms with Crippen molar-refractivity contribution in [3.63, 3.8) is 0 Å². The average molecular weight is 303 g/mol. The van der Waals surface area contributed by atoms with Crippen molar-refractivity contribution in [1.82, 2.24) is 5.32 Å². The summed E-state index contributed by atoms with van der Waals surface area (Å²) in [5.41, 5.74) is 6.91. The molecule has 1 amide bonds. The van der Waals surface area contributed by atoms with E-state index < -0.39 is 5.54 Å². The zero-order valence-corrected chi connectivity index (χ0v) is 12.7. The Kier molecular flexibility index (Phi) is 4.99. The van der Waals surface area contributed by atoms with E-state index in [1.54, 1.807) is 0 Å². The summed E-state index contributed by atoms with van der Waals surface area (Å²) in [6.45, 7) is 2.42. The van der Waals surface area contributed by atoms with E-state index in [1.165, 1.54) is 0 Å². The summed E-state index contributed by atoms with van der Waals surface area (Å²) >= 11 is 5.88. The molecule has 110 valence electrons. The largest absolute Gasteiger partial charge is 0.368 e. The Morgan fingerprint density at radius 3 is 2.29 bits per heavy atom. The van der Waals surface area contributed by atoms with Gasteiger partial charge in [-0.1, -0.05) is 54.1 Å². The molecule has 1 atom stereocenters. The highest BCUT2D eigenvalue weighted by Gasteiger charge is 2.30. The van der Waals surface area contributed by atoms with Crippen LogP contribution in [0.2, 0.25) is 5.02 Å². The molecule has 21 heavy (non-hydrogen) atoms. The molecule has 0 bridgehead atoms. The number of halogens is 1. The summed E-state index contributed by atoms with van der Waals surface area (Å²) < 4.78 is 0. The van der Waals surface area contributed by atoms with Crippen LogP contribution in [0.25, 0.3) is 0 Å². The monoisotopic (exact) mass is 302 g/mol. The minimum absolute atomic E-state index is 0.367. The van der Waals surface area contributed by atoms with E-state index in [9.17, 15) is 4.79 Å². The molecule has 0 aromatic heterocycles. The van der Waals surface area contributed by atoms with Crippen molar-refractivity contribution >= 4 is 17.5 Å². The number of carbonyl (C=O) groups is 1. The highest BCUT2D eigenvalue weighted by molar-refractivity contribution is 6.30. The van der Waals surface area contributed by atoms with Crippen molar-refractivity contribution in [2.24, 2.45) is 5.73 Å². The first-order chi connectivity index (χ1) is 9.99. The van der Waals surface area contributed by atoms with Crippen molar-refractivity contribution in [1.29, 1.82) is 0 Å². The van der Waals surface area contributed by atoms with Gasteiger partial charge >= 0.3 is 0 Å². The molecule has 0 heterocycles. The van der Waals surface area contributed by atoms with E-state index in [0.29, 0.717) is 18.0 Å². The highest BCUT2D eigenvalue weighted by Crippen LogP contribution is 2.17. The van der Waals surface area contributed by atoms with E-state index >= 15 is 0 Å². The van der Waals surface area contributed by atoms with E-state index in [1.807, 2.05) is 61.5 Å². The Labute approximate surface area is 130 Å². The standard InChI is InChI=1S/C17H19ClN2O/c1-17(16(19)21,11-13-7-9-15(18)10-8-13)20-12-14-5-3-2-4-6-14/h2-10,20H,11-12H2,1H3,(H2,19,21). The van der Waals surface area contributed by atoms with Gasteiger partial charge in [0.05, 0.1) is 5.54 Å². The molecular formula is C17H19ClN2O. The summed E-state index contributed by atoms with van der Waals surface area (Å²) in [4.78, 5) is 11.8. The predicted octanol–water partition coefficient (Wildman–Crippen LogP) is 2.92. The fourth-order valence-corrected chi connectivity index (χ4v) is 2.27. The average Bonchev–Trinajstić information content (AvgIpc) is 2.48. The number of hydrogen-bond donors (Lipinski definition) is 2. The number of amides is 1. The van der Waals surface area contributed by atoms with Gasteiger partial charge < -0.3 is 5.73 Å². The summed E-state index contributed by atoms with van der Waals surface area (Å²) in [7, 11) is 0. The van der Waals surface area contributed by atoms with E-state index in [2.05, 4.69) is 5.32 Å². The van der Waals surface area contributed by atoms with Crippen LogP contribution in [0, 0.1) is 0 Å². The molecule has 0 aliphatic rings. The first kappa shape index (κ1) is 15.5. The van der Waals surface area contributed by atoms with Gasteiger partial charge in [0.25, 0.3) is 0 Å². The van der Waals surface area contributed by atoms with Gasteiger partial charge in [0.2, 0.25) is 5.91 Å². The van der Waals surface area contributed by atoms with Crippen molar-refractivity contribution in [3.8, 4) is 0 Å². The lowest BCUT2D eigenvalue weighted by atomic mass is 9.91. The topological polar surface area (TPSA) is 55.1 Å². The summed E-state index contributed by atoms with van der Waals surface area (Å²) in [5, 5.41) is 3.95. The highest BCUT2D eigenvalue weighted by atomic mass is 35.5. The molecule has 0 saturated heterocycles. The zero-order valence-electron chi connectivity index (χ0n) is 12.0. The molecule has 0 spiro atoms. The van der Waals surface area contributed by atoms with Gasteiger partial charge in [-0.2, -0.15) is 0 Å². The third kappa shape index (κ3) is 4.31. The quantitative estimate of drug-likeness (QED) is 0.862. The van der Waals surface area contributed by atoms with Crippen molar-refractivity contribution in [2.45, 2.75) is 25.4 Å². The molecule has 2 aromatic carbocycles. The number of carbonyl (C=O) groups excluding carboxylic acids is 1. The normalized spacial score (nSPS) is 13.6. The third-order valence-electron chi connectivity index (χ3n) is 3.54. The van der Waals surface area contributed by atoms with Crippen LogP contribution < -0.4 is 11.1 Å². The van der Waals surface area contributed by atoms with Crippen LogP contribution in [0.15, 0.2) is 54.6 Å². The number of hydrogen-bond acceptors (Lipinski definition) is 2. The molecule has 0 saturated carbocycles. The minimum Gasteiger partial charge on any atom is -0.368 e. The SMILES string of the molecule is CC(Cc1ccc(Cl)cc1)(NCc1ccccc1)C(N)=O. The van der Waals surface area contributed by atoms with E-state index in [-0.39, 0.29) is 5.91 Å². The number of rotatable bonds is 6. The lowest BCUT2D eigenvalue weighted by Crippen LogP contribution is -2.54. The molecule has 4 heteroatoms. The number of benzene rings is 2. The van der Waals surface area contributed by atoms with Gasteiger partial charge in [-0.3, -0.25) is 10.1 Å². The predicted molar refractivity (Wildman–Crippen MR) is 86.0 cm³/mol. The molecule has 0 aliphatic heterocycles. The molecule has 2 rings (SSSR count). The first-order valence-electron chi connectivity index (χ1n) is 6.83. The summed E-state index contributed by atoms with van der Waals surface area (Å²) in [6, 6.07) is 17.4. The second-order valence-corrected chi connectivity index (χ2v) is 5.78. The van der Waals surface area contributed by atoms with Crippen molar-refractivity contribution in [3.05, 3.63) is 70.7 Å². The zero-order chi connectivity index (χ0) is 15.3. The summed E-state index contributed by atoms with van der Waals surface area (Å²) in [6.07, 6.45) is 0.520. The Balaban J connectivity index is 2.09. The van der Waals surface area contributed by atoms with Crippen LogP contribution in [0.1, 0.15) is 18.1 Å². The molecule has 1 unspecified atom stereocenters. The lowest BCUT2D eigenvalue weighted by Gasteiger charge is -2.28. The fraction of sp³-hybridized carbons (Fsp3) is 0.235. The first-order valence-corrected chi connectivity index (χ1v) is 7.21. The van der Waals surface area contributed by atoms with Gasteiger partial charge in [0.15, 0.2) is 0 Å². The van der Waals surface area contributed by atoms with Crippen molar-refractivity contribution in [2.75, 3.05) is 0 Å². The van der Waals surface area contributed by atoms with Crippen molar-refractivity contribution < 1.29 is 4.79 Å². The smallest absolute Gasteiger partial charge is 0.237 e. The van der Waals surface area contributed by atoms with E-state index in [4.69, 9.17) is 17.3 Å². The van der Waals surface area contributed by atoms with Gasteiger partial charge in [-0.05, 0) is 36.6 Å². The second kappa shape index (κ2) is 6.74. The second-order valence-electron chi connectivity index (χ2n) is 5.34.